The van der Waals surface area contributed by atoms with Gasteiger partial charge in [-0.2, -0.15) is 0 Å². The minimum atomic E-state index is 0.133. The van der Waals surface area contributed by atoms with E-state index in [1.54, 1.807) is 0 Å². The zero-order valence-corrected chi connectivity index (χ0v) is 10.7. The molecule has 0 radical (unpaired) electrons. The molecule has 0 N–H and O–H groups in total. The fourth-order valence-electron chi connectivity index (χ4n) is 0.747. The molecule has 0 unspecified atom stereocenters. The van der Waals surface area contributed by atoms with Crippen LogP contribution in [-0.4, -0.2) is 21.4 Å². The van der Waals surface area contributed by atoms with Crippen molar-refractivity contribution >= 4 is 26.4 Å². The van der Waals surface area contributed by atoms with E-state index >= 15 is 0 Å². The van der Waals surface area contributed by atoms with Gasteiger partial charge in [0, 0.05) is 10.9 Å². The number of unbranched alkanes of at least 4 members (excludes halogenated alkanes) is 1. The molecule has 0 bridgehead atoms. The average Bonchev–Trinajstić information content (AvgIpc) is 1.89. The number of alkyl halides is 1. The van der Waals surface area contributed by atoms with Crippen LogP contribution in [0, 0.1) is 0 Å². The Balaban J connectivity index is 3.28. The molecule has 0 heterocycles. The summed E-state index contributed by atoms with van der Waals surface area (Å²) < 4.78 is 5.41. The van der Waals surface area contributed by atoms with E-state index in [1.807, 2.05) is 0 Å². The molecule has 3 heteroatoms. The lowest BCUT2D eigenvalue weighted by atomic mass is 10.0. The van der Waals surface area contributed by atoms with Gasteiger partial charge in [0.25, 0.3) is 0 Å². The summed E-state index contributed by atoms with van der Waals surface area (Å²) >= 11 is 3.41. The maximum absolute atomic E-state index is 5.41. The zero-order chi connectivity index (χ0) is 8.04. The molecule has 1 nitrogen and oxygen atoms in total. The van der Waals surface area contributed by atoms with E-state index in [2.05, 4.69) is 29.8 Å². The molecular formula is C7H17BrOSi. The third-order valence-electron chi connectivity index (χ3n) is 1.72. The lowest BCUT2D eigenvalue weighted by molar-refractivity contribution is 0.110. The van der Waals surface area contributed by atoms with Gasteiger partial charge in [0.1, 0.15) is 10.5 Å². The second kappa shape index (κ2) is 5.33. The van der Waals surface area contributed by atoms with Gasteiger partial charge in [-0.15, -0.1) is 0 Å². The monoisotopic (exact) mass is 224 g/mol. The van der Waals surface area contributed by atoms with Gasteiger partial charge in [-0.3, -0.25) is 0 Å². The van der Waals surface area contributed by atoms with Crippen LogP contribution in [0.3, 0.4) is 0 Å². The third-order valence-corrected chi connectivity index (χ3v) is 3.38. The first-order chi connectivity index (χ1) is 4.62. The van der Waals surface area contributed by atoms with Gasteiger partial charge in [0.2, 0.25) is 0 Å². The van der Waals surface area contributed by atoms with Crippen molar-refractivity contribution in [2.24, 2.45) is 0 Å². The summed E-state index contributed by atoms with van der Waals surface area (Å²) in [4.78, 5) is 0. The van der Waals surface area contributed by atoms with Crippen molar-refractivity contribution in [3.05, 3.63) is 0 Å². The second-order valence-electron chi connectivity index (χ2n) is 3.11. The fourth-order valence-corrected chi connectivity index (χ4v) is 1.35. The molecule has 0 fully saturated rings. The topological polar surface area (TPSA) is 9.23 Å². The Morgan fingerprint density at radius 3 is 2.40 bits per heavy atom. The van der Waals surface area contributed by atoms with Crippen LogP contribution in [0.5, 0.6) is 0 Å². The smallest absolute Gasteiger partial charge is 0.146 e. The molecule has 0 saturated carbocycles. The number of rotatable bonds is 5. The van der Waals surface area contributed by atoms with Gasteiger partial charge in [-0.1, -0.05) is 15.9 Å². The summed E-state index contributed by atoms with van der Waals surface area (Å²) in [5.41, 5.74) is 0.133. The second-order valence-corrected chi connectivity index (χ2v) is 4.31. The van der Waals surface area contributed by atoms with Crippen molar-refractivity contribution in [3.8, 4) is 0 Å². The molecule has 0 aromatic rings. The summed E-state index contributed by atoms with van der Waals surface area (Å²) in [6.45, 7) is 4.32. The highest BCUT2D eigenvalue weighted by Crippen LogP contribution is 2.16. The number of halogens is 1. The van der Waals surface area contributed by atoms with Crippen LogP contribution in [0.25, 0.3) is 0 Å². The lowest BCUT2D eigenvalue weighted by Crippen LogP contribution is -2.22. The van der Waals surface area contributed by atoms with Gasteiger partial charge < -0.3 is 4.43 Å². The molecule has 0 aliphatic rings. The largest absolute Gasteiger partial charge is 0.423 e. The van der Waals surface area contributed by atoms with Crippen molar-refractivity contribution in [1.82, 2.24) is 0 Å². The van der Waals surface area contributed by atoms with E-state index in [0.29, 0.717) is 0 Å². The summed E-state index contributed by atoms with van der Waals surface area (Å²) in [7, 11) is 0.854. The molecule has 62 valence electrons. The normalized spacial score (nSPS) is 12.3. The summed E-state index contributed by atoms with van der Waals surface area (Å²) in [5.74, 6) is 0. The first kappa shape index (κ1) is 10.7. The highest BCUT2D eigenvalue weighted by Gasteiger charge is 2.13. The molecule has 0 aromatic heterocycles. The van der Waals surface area contributed by atoms with Crippen LogP contribution in [0.2, 0.25) is 0 Å². The van der Waals surface area contributed by atoms with Crippen LogP contribution in [-0.2, 0) is 4.43 Å². The number of hydrogen-bond acceptors (Lipinski definition) is 1. The first-order valence-corrected chi connectivity index (χ1v) is 5.67. The summed E-state index contributed by atoms with van der Waals surface area (Å²) in [6.07, 6.45) is 3.71. The molecular weight excluding hydrogens is 208 g/mol. The third kappa shape index (κ3) is 5.44. The molecule has 0 rings (SSSR count). The van der Waals surface area contributed by atoms with E-state index in [4.69, 9.17) is 4.43 Å². The molecule has 0 aliphatic carbocycles. The molecule has 0 saturated heterocycles. The van der Waals surface area contributed by atoms with Gasteiger partial charge in [-0.25, -0.2) is 0 Å². The van der Waals surface area contributed by atoms with Crippen molar-refractivity contribution in [3.63, 3.8) is 0 Å². The van der Waals surface area contributed by atoms with Crippen LogP contribution in [0.4, 0.5) is 0 Å². The molecule has 0 amide bonds. The molecule has 0 aromatic carbocycles. The Morgan fingerprint density at radius 2 is 2.00 bits per heavy atom. The van der Waals surface area contributed by atoms with Gasteiger partial charge in [0.15, 0.2) is 0 Å². The average molecular weight is 225 g/mol. The van der Waals surface area contributed by atoms with Gasteiger partial charge in [-0.05, 0) is 33.1 Å². The van der Waals surface area contributed by atoms with Crippen LogP contribution in [0.1, 0.15) is 33.1 Å². The predicted octanol–water partition coefficient (Wildman–Crippen LogP) is 1.63. The summed E-state index contributed by atoms with van der Waals surface area (Å²) in [5, 5.41) is 1.12. The fraction of sp³-hybridized carbons (Fsp3) is 1.00. The van der Waals surface area contributed by atoms with Gasteiger partial charge >= 0.3 is 0 Å². The lowest BCUT2D eigenvalue weighted by Gasteiger charge is -2.23. The molecule has 0 spiro atoms. The van der Waals surface area contributed by atoms with E-state index in [9.17, 15) is 0 Å². The van der Waals surface area contributed by atoms with Crippen molar-refractivity contribution in [2.75, 3.05) is 5.33 Å². The first-order valence-electron chi connectivity index (χ1n) is 3.73. The quantitative estimate of drug-likeness (QED) is 0.392. The molecule has 10 heavy (non-hydrogen) atoms. The SMILES string of the molecule is CC(C)(CCCCBr)O[SiH3]. The van der Waals surface area contributed by atoms with E-state index in [-0.39, 0.29) is 5.60 Å². The van der Waals surface area contributed by atoms with Crippen LogP contribution >= 0.6 is 15.9 Å². The predicted molar refractivity (Wildman–Crippen MR) is 52.7 cm³/mol. The van der Waals surface area contributed by atoms with E-state index in [1.165, 1.54) is 19.3 Å². The highest BCUT2D eigenvalue weighted by molar-refractivity contribution is 9.09. The minimum Gasteiger partial charge on any atom is -0.423 e. The standard InChI is InChI=1S/C7H17BrOSi/c1-7(2,9-10)5-3-4-6-8/h3-6H2,1-2,10H3. The van der Waals surface area contributed by atoms with Crippen molar-refractivity contribution in [2.45, 2.75) is 38.7 Å². The minimum absolute atomic E-state index is 0.133. The Kier molecular flexibility index (Phi) is 5.68. The van der Waals surface area contributed by atoms with Crippen LogP contribution < -0.4 is 0 Å². The zero-order valence-electron chi connectivity index (χ0n) is 7.11. The maximum Gasteiger partial charge on any atom is 0.146 e. The van der Waals surface area contributed by atoms with Crippen LogP contribution in [0.15, 0.2) is 0 Å². The Labute approximate surface area is 75.2 Å². The van der Waals surface area contributed by atoms with Gasteiger partial charge in [0.05, 0.1) is 0 Å². The summed E-state index contributed by atoms with van der Waals surface area (Å²) in [6, 6.07) is 0. The number of hydrogen-bond donors (Lipinski definition) is 0. The maximum atomic E-state index is 5.41. The van der Waals surface area contributed by atoms with Crippen molar-refractivity contribution in [1.29, 1.82) is 0 Å². The highest BCUT2D eigenvalue weighted by atomic mass is 79.9. The molecule has 0 atom stereocenters. The van der Waals surface area contributed by atoms with E-state index in [0.717, 1.165) is 15.8 Å². The Hall–Kier alpha value is 0.657. The molecule has 0 aliphatic heterocycles. The van der Waals surface area contributed by atoms with E-state index < -0.39 is 0 Å². The Morgan fingerprint density at radius 1 is 1.40 bits per heavy atom. The van der Waals surface area contributed by atoms with Crippen molar-refractivity contribution < 1.29 is 4.43 Å². The Bertz CT molecular complexity index is 85.7.